The molecule has 0 bridgehead atoms. The van der Waals surface area contributed by atoms with Gasteiger partial charge in [-0.1, -0.05) is 25.0 Å². The zero-order valence-electron chi connectivity index (χ0n) is 15.1. The van der Waals surface area contributed by atoms with Crippen molar-refractivity contribution in [3.05, 3.63) is 30.1 Å². The Balaban J connectivity index is 1.34. The van der Waals surface area contributed by atoms with E-state index in [-0.39, 0.29) is 23.5 Å². The Morgan fingerprint density at radius 1 is 1.04 bits per heavy atom. The maximum atomic E-state index is 13.9. The van der Waals surface area contributed by atoms with Gasteiger partial charge in [0, 0.05) is 45.2 Å². The van der Waals surface area contributed by atoms with Crippen molar-refractivity contribution in [2.75, 3.05) is 37.6 Å². The van der Waals surface area contributed by atoms with Crippen molar-refractivity contribution < 1.29 is 14.0 Å². The van der Waals surface area contributed by atoms with E-state index in [4.69, 9.17) is 0 Å². The second kappa shape index (κ2) is 7.25. The van der Waals surface area contributed by atoms with Crippen molar-refractivity contribution in [1.29, 1.82) is 0 Å². The van der Waals surface area contributed by atoms with E-state index in [0.29, 0.717) is 50.9 Å². The molecule has 1 aromatic carbocycles. The normalized spacial score (nSPS) is 24.6. The van der Waals surface area contributed by atoms with E-state index >= 15 is 0 Å². The fourth-order valence-corrected chi connectivity index (χ4v) is 4.60. The van der Waals surface area contributed by atoms with Crippen LogP contribution < -0.4 is 4.90 Å². The standard InChI is InChI=1S/C20H26FN3O2/c21-17-7-3-4-8-18(17)22-9-11-23(12-10-22)20(26)15-13-19(25)24(14-15)16-5-1-2-6-16/h3-4,7-8,15-16H,1-2,5-6,9-14H2/t15-/m1/s1. The number of rotatable bonds is 3. The Bertz CT molecular complexity index is 681. The summed E-state index contributed by atoms with van der Waals surface area (Å²) in [6.45, 7) is 3.00. The summed E-state index contributed by atoms with van der Waals surface area (Å²) < 4.78 is 13.9. The van der Waals surface area contributed by atoms with Crippen LogP contribution in [0.15, 0.2) is 24.3 Å². The number of piperazine rings is 1. The number of para-hydroxylation sites is 1. The van der Waals surface area contributed by atoms with Crippen LogP contribution in [0.5, 0.6) is 0 Å². The predicted octanol–water partition coefficient (Wildman–Crippen LogP) is 2.27. The first-order chi connectivity index (χ1) is 12.6. The molecule has 6 heteroatoms. The molecule has 3 aliphatic rings. The van der Waals surface area contributed by atoms with Gasteiger partial charge in [0.05, 0.1) is 11.6 Å². The highest BCUT2D eigenvalue weighted by Gasteiger charge is 2.40. The fraction of sp³-hybridized carbons (Fsp3) is 0.600. The van der Waals surface area contributed by atoms with Crippen molar-refractivity contribution in [2.45, 2.75) is 38.1 Å². The molecule has 0 spiro atoms. The fourth-order valence-electron chi connectivity index (χ4n) is 4.60. The van der Waals surface area contributed by atoms with Gasteiger partial charge in [-0.25, -0.2) is 4.39 Å². The van der Waals surface area contributed by atoms with Gasteiger partial charge < -0.3 is 14.7 Å². The van der Waals surface area contributed by atoms with Crippen molar-refractivity contribution in [3.8, 4) is 0 Å². The SMILES string of the molecule is O=C([C@@H]1CC(=O)N(C2CCCC2)C1)N1CCN(c2ccccc2F)CC1. The average molecular weight is 359 g/mol. The number of hydrogen-bond donors (Lipinski definition) is 0. The molecule has 2 heterocycles. The number of amides is 2. The summed E-state index contributed by atoms with van der Waals surface area (Å²) >= 11 is 0. The Hall–Kier alpha value is -2.11. The van der Waals surface area contributed by atoms with Crippen LogP contribution in [-0.4, -0.2) is 60.4 Å². The second-order valence-corrected chi connectivity index (χ2v) is 7.65. The van der Waals surface area contributed by atoms with Crippen molar-refractivity contribution in [3.63, 3.8) is 0 Å². The highest BCUT2D eigenvalue weighted by molar-refractivity contribution is 5.89. The first kappa shape index (κ1) is 17.3. The Morgan fingerprint density at radius 2 is 1.73 bits per heavy atom. The molecule has 0 radical (unpaired) electrons. The summed E-state index contributed by atoms with van der Waals surface area (Å²) in [5, 5.41) is 0. The third kappa shape index (κ3) is 3.29. The number of halogens is 1. The smallest absolute Gasteiger partial charge is 0.228 e. The summed E-state index contributed by atoms with van der Waals surface area (Å²) in [5.74, 6) is -0.198. The molecular formula is C20H26FN3O2. The van der Waals surface area contributed by atoms with E-state index in [1.165, 1.54) is 18.9 Å². The first-order valence-electron chi connectivity index (χ1n) is 9.71. The third-order valence-electron chi connectivity index (χ3n) is 6.06. The average Bonchev–Trinajstić information content (AvgIpc) is 3.31. The molecule has 2 saturated heterocycles. The van der Waals surface area contributed by atoms with E-state index in [0.717, 1.165) is 12.8 Å². The lowest BCUT2D eigenvalue weighted by Gasteiger charge is -2.37. The second-order valence-electron chi connectivity index (χ2n) is 7.65. The van der Waals surface area contributed by atoms with Crippen LogP contribution in [0.25, 0.3) is 0 Å². The van der Waals surface area contributed by atoms with Gasteiger partial charge in [-0.3, -0.25) is 9.59 Å². The van der Waals surface area contributed by atoms with E-state index in [1.807, 2.05) is 20.8 Å². The molecule has 1 saturated carbocycles. The number of anilines is 1. The molecule has 2 aliphatic heterocycles. The van der Waals surface area contributed by atoms with Crippen molar-refractivity contribution >= 4 is 17.5 Å². The molecule has 1 aromatic rings. The lowest BCUT2D eigenvalue weighted by atomic mass is 10.1. The van der Waals surface area contributed by atoms with Crippen LogP contribution in [0.4, 0.5) is 10.1 Å². The van der Waals surface area contributed by atoms with E-state index in [1.54, 1.807) is 12.1 Å². The van der Waals surface area contributed by atoms with Gasteiger partial charge in [0.15, 0.2) is 0 Å². The van der Waals surface area contributed by atoms with Gasteiger partial charge in [0.1, 0.15) is 5.82 Å². The van der Waals surface area contributed by atoms with Crippen LogP contribution >= 0.6 is 0 Å². The molecule has 1 atom stereocenters. The minimum atomic E-state index is -0.221. The van der Waals surface area contributed by atoms with Crippen molar-refractivity contribution in [1.82, 2.24) is 9.80 Å². The van der Waals surface area contributed by atoms with Crippen LogP contribution in [0.1, 0.15) is 32.1 Å². The number of benzene rings is 1. The maximum absolute atomic E-state index is 13.9. The van der Waals surface area contributed by atoms with Gasteiger partial charge in [-0.05, 0) is 25.0 Å². The monoisotopic (exact) mass is 359 g/mol. The Morgan fingerprint density at radius 3 is 2.42 bits per heavy atom. The molecule has 4 rings (SSSR count). The number of likely N-dealkylation sites (tertiary alicyclic amines) is 1. The van der Waals surface area contributed by atoms with E-state index in [9.17, 15) is 14.0 Å². The summed E-state index contributed by atoms with van der Waals surface area (Å²) in [7, 11) is 0. The predicted molar refractivity (Wildman–Crippen MR) is 97.3 cm³/mol. The molecule has 0 N–H and O–H groups in total. The van der Waals surface area contributed by atoms with Crippen LogP contribution in [0, 0.1) is 11.7 Å². The van der Waals surface area contributed by atoms with Crippen LogP contribution in [0.3, 0.4) is 0 Å². The number of carbonyl (C=O) groups is 2. The quantitative estimate of drug-likeness (QED) is 0.832. The molecule has 3 fully saturated rings. The molecule has 0 aromatic heterocycles. The zero-order valence-corrected chi connectivity index (χ0v) is 15.1. The summed E-state index contributed by atoms with van der Waals surface area (Å²) in [6.07, 6.45) is 4.88. The lowest BCUT2D eigenvalue weighted by molar-refractivity contribution is -0.136. The largest absolute Gasteiger partial charge is 0.366 e. The molecular weight excluding hydrogens is 333 g/mol. The third-order valence-corrected chi connectivity index (χ3v) is 6.06. The minimum Gasteiger partial charge on any atom is -0.366 e. The number of hydrogen-bond acceptors (Lipinski definition) is 3. The molecule has 1 aliphatic carbocycles. The summed E-state index contributed by atoms with van der Waals surface area (Å²) in [6, 6.07) is 7.11. The zero-order chi connectivity index (χ0) is 18.1. The molecule has 140 valence electrons. The van der Waals surface area contributed by atoms with Gasteiger partial charge in [-0.15, -0.1) is 0 Å². The highest BCUT2D eigenvalue weighted by Crippen LogP contribution is 2.30. The first-order valence-corrected chi connectivity index (χ1v) is 9.71. The minimum absolute atomic E-state index is 0.0898. The summed E-state index contributed by atoms with van der Waals surface area (Å²) in [5.41, 5.74) is 0.600. The van der Waals surface area contributed by atoms with Gasteiger partial charge in [0.2, 0.25) is 11.8 Å². The molecule has 26 heavy (non-hydrogen) atoms. The Labute approximate surface area is 153 Å². The van der Waals surface area contributed by atoms with Gasteiger partial charge in [-0.2, -0.15) is 0 Å². The number of carbonyl (C=O) groups excluding carboxylic acids is 2. The summed E-state index contributed by atoms with van der Waals surface area (Å²) in [4.78, 5) is 31.0. The van der Waals surface area contributed by atoms with Crippen molar-refractivity contribution in [2.24, 2.45) is 5.92 Å². The van der Waals surface area contributed by atoms with Crippen LogP contribution in [-0.2, 0) is 9.59 Å². The molecule has 2 amide bonds. The number of nitrogens with zero attached hydrogens (tertiary/aromatic N) is 3. The highest BCUT2D eigenvalue weighted by atomic mass is 19.1. The van der Waals surface area contributed by atoms with Crippen LogP contribution in [0.2, 0.25) is 0 Å². The molecule has 0 unspecified atom stereocenters. The molecule has 5 nitrogen and oxygen atoms in total. The topological polar surface area (TPSA) is 43.9 Å². The Kier molecular flexibility index (Phi) is 4.83. The van der Waals surface area contributed by atoms with E-state index in [2.05, 4.69) is 0 Å². The lowest BCUT2D eigenvalue weighted by Crippen LogP contribution is -2.51. The maximum Gasteiger partial charge on any atom is 0.228 e. The van der Waals surface area contributed by atoms with Gasteiger partial charge in [0.25, 0.3) is 0 Å². The van der Waals surface area contributed by atoms with E-state index < -0.39 is 0 Å². The van der Waals surface area contributed by atoms with Gasteiger partial charge >= 0.3 is 0 Å².